The molecule has 2 rings (SSSR count). The summed E-state index contributed by atoms with van der Waals surface area (Å²) in [7, 11) is 0. The quantitative estimate of drug-likeness (QED) is 0.827. The molecule has 1 N–H and O–H groups in total. The molecule has 0 spiro atoms. The van der Waals surface area contributed by atoms with Gasteiger partial charge < -0.3 is 19.7 Å². The van der Waals surface area contributed by atoms with Gasteiger partial charge in [-0.1, -0.05) is 12.1 Å². The van der Waals surface area contributed by atoms with Crippen molar-refractivity contribution in [3.8, 4) is 0 Å². The van der Waals surface area contributed by atoms with Crippen molar-refractivity contribution in [1.82, 2.24) is 5.32 Å². The third-order valence-corrected chi connectivity index (χ3v) is 3.54. The van der Waals surface area contributed by atoms with Gasteiger partial charge in [0, 0.05) is 38.0 Å². The third-order valence-electron chi connectivity index (χ3n) is 3.54. The number of hydrogen-bond acceptors (Lipinski definition) is 4. The fourth-order valence-corrected chi connectivity index (χ4v) is 2.29. The number of ether oxygens (including phenoxy) is 2. The molecule has 0 amide bonds. The molecule has 1 saturated heterocycles. The molecule has 1 unspecified atom stereocenters. The zero-order valence-corrected chi connectivity index (χ0v) is 12.6. The van der Waals surface area contributed by atoms with Gasteiger partial charge in [0.2, 0.25) is 0 Å². The molecule has 0 bridgehead atoms. The van der Waals surface area contributed by atoms with Crippen molar-refractivity contribution in [2.75, 3.05) is 44.4 Å². The van der Waals surface area contributed by atoms with Gasteiger partial charge in [0.05, 0.1) is 19.8 Å². The Morgan fingerprint density at radius 2 is 1.95 bits per heavy atom. The number of nitrogens with zero attached hydrogens (tertiary/aromatic N) is 1. The van der Waals surface area contributed by atoms with E-state index in [4.69, 9.17) is 9.47 Å². The average Bonchev–Trinajstić information content (AvgIpc) is 2.52. The van der Waals surface area contributed by atoms with Gasteiger partial charge in [-0.25, -0.2) is 0 Å². The highest BCUT2D eigenvalue weighted by molar-refractivity contribution is 5.47. The van der Waals surface area contributed by atoms with Crippen molar-refractivity contribution in [1.29, 1.82) is 0 Å². The van der Waals surface area contributed by atoms with E-state index in [9.17, 15) is 0 Å². The van der Waals surface area contributed by atoms with Gasteiger partial charge in [0.1, 0.15) is 0 Å². The fraction of sp³-hybridized carbons (Fsp3) is 0.625. The molecule has 4 nitrogen and oxygen atoms in total. The van der Waals surface area contributed by atoms with E-state index >= 15 is 0 Å². The zero-order chi connectivity index (χ0) is 14.2. The summed E-state index contributed by atoms with van der Waals surface area (Å²) in [6.07, 6.45) is 0. The van der Waals surface area contributed by atoms with Gasteiger partial charge in [0.15, 0.2) is 0 Å². The van der Waals surface area contributed by atoms with Crippen LogP contribution in [0.15, 0.2) is 24.3 Å². The Morgan fingerprint density at radius 3 is 2.60 bits per heavy atom. The molecule has 0 saturated carbocycles. The Hall–Kier alpha value is -1.10. The first kappa shape index (κ1) is 15.3. The first-order chi connectivity index (χ1) is 9.79. The Bertz CT molecular complexity index is 375. The molecule has 1 atom stereocenters. The number of nitrogens with one attached hydrogen (secondary N) is 1. The van der Waals surface area contributed by atoms with Crippen LogP contribution in [0.1, 0.15) is 19.4 Å². The van der Waals surface area contributed by atoms with E-state index in [0.29, 0.717) is 6.04 Å². The van der Waals surface area contributed by atoms with Crippen molar-refractivity contribution in [2.45, 2.75) is 26.4 Å². The van der Waals surface area contributed by atoms with E-state index < -0.39 is 0 Å². The Labute approximate surface area is 122 Å². The largest absolute Gasteiger partial charge is 0.380 e. The van der Waals surface area contributed by atoms with E-state index in [-0.39, 0.29) is 0 Å². The molecule has 0 aliphatic carbocycles. The van der Waals surface area contributed by atoms with Crippen LogP contribution < -0.4 is 10.2 Å². The summed E-state index contributed by atoms with van der Waals surface area (Å²) in [5.41, 5.74) is 2.60. The highest BCUT2D eigenvalue weighted by Crippen LogP contribution is 2.16. The van der Waals surface area contributed by atoms with E-state index in [0.717, 1.165) is 46.1 Å². The number of benzene rings is 1. The molecule has 1 aliphatic rings. The number of hydrogen-bond donors (Lipinski definition) is 1. The first-order valence-electron chi connectivity index (χ1n) is 7.52. The molecule has 20 heavy (non-hydrogen) atoms. The lowest BCUT2D eigenvalue weighted by molar-refractivity contribution is 0.122. The maximum Gasteiger partial charge on any atom is 0.0642 e. The van der Waals surface area contributed by atoms with Crippen LogP contribution in [0.4, 0.5) is 5.69 Å². The second-order valence-electron chi connectivity index (χ2n) is 5.21. The average molecular weight is 278 g/mol. The normalized spacial score (nSPS) is 17.2. The highest BCUT2D eigenvalue weighted by atomic mass is 16.5. The summed E-state index contributed by atoms with van der Waals surface area (Å²) in [5.74, 6) is 0. The lowest BCUT2D eigenvalue weighted by atomic mass is 10.2. The molecule has 0 radical (unpaired) electrons. The standard InChI is InChI=1S/C16H26N2O2/c1-3-19-13-14(2)17-12-15-4-6-16(7-5-15)18-8-10-20-11-9-18/h4-7,14,17H,3,8-13H2,1-2H3. The predicted molar refractivity (Wildman–Crippen MR) is 82.3 cm³/mol. The monoisotopic (exact) mass is 278 g/mol. The van der Waals surface area contributed by atoms with E-state index in [1.807, 2.05) is 6.92 Å². The summed E-state index contributed by atoms with van der Waals surface area (Å²) >= 11 is 0. The van der Waals surface area contributed by atoms with Crippen molar-refractivity contribution < 1.29 is 9.47 Å². The van der Waals surface area contributed by atoms with Gasteiger partial charge in [-0.05, 0) is 31.5 Å². The van der Waals surface area contributed by atoms with Crippen molar-refractivity contribution in [3.05, 3.63) is 29.8 Å². The van der Waals surface area contributed by atoms with Crippen LogP contribution in [0.2, 0.25) is 0 Å². The summed E-state index contributed by atoms with van der Waals surface area (Å²) in [6, 6.07) is 9.19. The van der Waals surface area contributed by atoms with E-state index in [2.05, 4.69) is 41.4 Å². The van der Waals surface area contributed by atoms with Crippen molar-refractivity contribution >= 4 is 5.69 Å². The van der Waals surface area contributed by atoms with Crippen molar-refractivity contribution in [2.24, 2.45) is 0 Å². The van der Waals surface area contributed by atoms with E-state index in [1.54, 1.807) is 0 Å². The maximum absolute atomic E-state index is 5.40. The SMILES string of the molecule is CCOCC(C)NCc1ccc(N2CCOCC2)cc1. The minimum Gasteiger partial charge on any atom is -0.380 e. The van der Waals surface area contributed by atoms with Gasteiger partial charge in [-0.15, -0.1) is 0 Å². The molecular weight excluding hydrogens is 252 g/mol. The first-order valence-corrected chi connectivity index (χ1v) is 7.52. The lowest BCUT2D eigenvalue weighted by Crippen LogP contribution is -2.36. The third kappa shape index (κ3) is 4.78. The van der Waals surface area contributed by atoms with Gasteiger partial charge in [0.25, 0.3) is 0 Å². The predicted octanol–water partition coefficient (Wildman–Crippen LogP) is 2.04. The Morgan fingerprint density at radius 1 is 1.25 bits per heavy atom. The summed E-state index contributed by atoms with van der Waals surface area (Å²) in [5, 5.41) is 3.47. The van der Waals surface area contributed by atoms with Crippen LogP contribution in [0, 0.1) is 0 Å². The molecule has 112 valence electrons. The van der Waals surface area contributed by atoms with Gasteiger partial charge >= 0.3 is 0 Å². The number of morpholine rings is 1. The molecule has 0 aromatic heterocycles. The molecular formula is C16H26N2O2. The van der Waals surface area contributed by atoms with Crippen molar-refractivity contribution in [3.63, 3.8) is 0 Å². The van der Waals surface area contributed by atoms with E-state index in [1.165, 1.54) is 11.3 Å². The highest BCUT2D eigenvalue weighted by Gasteiger charge is 2.10. The topological polar surface area (TPSA) is 33.7 Å². The maximum atomic E-state index is 5.40. The lowest BCUT2D eigenvalue weighted by Gasteiger charge is -2.29. The van der Waals surface area contributed by atoms with Crippen LogP contribution in [0.5, 0.6) is 0 Å². The smallest absolute Gasteiger partial charge is 0.0642 e. The second-order valence-corrected chi connectivity index (χ2v) is 5.21. The van der Waals surface area contributed by atoms with Crippen LogP contribution in [0.3, 0.4) is 0 Å². The molecule has 1 aromatic rings. The molecule has 1 aromatic carbocycles. The Kier molecular flexibility index (Phi) is 6.30. The molecule has 1 aliphatic heterocycles. The second kappa shape index (κ2) is 8.25. The van der Waals surface area contributed by atoms with Crippen LogP contribution in [0.25, 0.3) is 0 Å². The minimum absolute atomic E-state index is 0.383. The Balaban J connectivity index is 1.79. The molecule has 4 heteroatoms. The van der Waals surface area contributed by atoms with Gasteiger partial charge in [-0.2, -0.15) is 0 Å². The summed E-state index contributed by atoms with van der Waals surface area (Å²) in [4.78, 5) is 2.37. The zero-order valence-electron chi connectivity index (χ0n) is 12.6. The van der Waals surface area contributed by atoms with Gasteiger partial charge in [-0.3, -0.25) is 0 Å². The summed E-state index contributed by atoms with van der Waals surface area (Å²) < 4.78 is 10.8. The molecule has 1 fully saturated rings. The number of rotatable bonds is 7. The minimum atomic E-state index is 0.383. The number of anilines is 1. The van der Waals surface area contributed by atoms with Crippen LogP contribution in [-0.4, -0.2) is 45.6 Å². The molecule has 1 heterocycles. The summed E-state index contributed by atoms with van der Waals surface area (Å²) in [6.45, 7) is 10.2. The van der Waals surface area contributed by atoms with Crippen LogP contribution in [-0.2, 0) is 16.0 Å². The van der Waals surface area contributed by atoms with Crippen LogP contribution >= 0.6 is 0 Å². The fourth-order valence-electron chi connectivity index (χ4n) is 2.29.